The lowest BCUT2D eigenvalue weighted by Gasteiger charge is -2.02. The van der Waals surface area contributed by atoms with Gasteiger partial charge in [0.15, 0.2) is 22.2 Å². The highest BCUT2D eigenvalue weighted by atomic mass is 32.1. The Hall–Kier alpha value is -4.32. The summed E-state index contributed by atoms with van der Waals surface area (Å²) < 4.78 is 11.4. The normalized spacial score (nSPS) is 10.8. The molecule has 4 rings (SSSR count). The number of thiazole rings is 1. The fourth-order valence-corrected chi connectivity index (χ4v) is 3.68. The van der Waals surface area contributed by atoms with Crippen LogP contribution in [0.1, 0.15) is 17.3 Å². The molecule has 12 heteroatoms. The number of carbonyl (C=O) groups is 1. The number of hydrogen-bond donors (Lipinski definition) is 1. The van der Waals surface area contributed by atoms with Crippen molar-refractivity contribution >= 4 is 44.7 Å². The van der Waals surface area contributed by atoms with Crippen LogP contribution in [-0.4, -0.2) is 27.3 Å². The van der Waals surface area contributed by atoms with Gasteiger partial charge in [0.2, 0.25) is 0 Å². The van der Waals surface area contributed by atoms with Crippen LogP contribution in [0.15, 0.2) is 52.3 Å². The average molecular weight is 454 g/mol. The number of fused-ring (bicyclic) bond motifs is 1. The smallest absolute Gasteiger partial charge is 0.277 e. The van der Waals surface area contributed by atoms with Crippen molar-refractivity contribution in [3.05, 3.63) is 73.6 Å². The predicted molar refractivity (Wildman–Crippen MR) is 116 cm³/mol. The predicted octanol–water partition coefficient (Wildman–Crippen LogP) is 5.02. The van der Waals surface area contributed by atoms with E-state index in [4.69, 9.17) is 9.15 Å². The monoisotopic (exact) mass is 454 g/mol. The van der Waals surface area contributed by atoms with Gasteiger partial charge in [-0.05, 0) is 19.1 Å². The van der Waals surface area contributed by atoms with Crippen LogP contribution in [0.3, 0.4) is 0 Å². The molecule has 0 spiro atoms. The number of carbonyl (C=O) groups excluding carboxylic acids is 1. The molecule has 0 radical (unpaired) electrons. The lowest BCUT2D eigenvalue weighted by atomic mass is 10.1. The molecule has 0 saturated carbocycles. The Bertz CT molecular complexity index is 1330. The van der Waals surface area contributed by atoms with Gasteiger partial charge < -0.3 is 9.15 Å². The van der Waals surface area contributed by atoms with Gasteiger partial charge in [-0.15, -0.1) is 11.3 Å². The molecule has 0 fully saturated rings. The first-order valence-corrected chi connectivity index (χ1v) is 10.1. The van der Waals surface area contributed by atoms with Crippen LogP contribution in [0.4, 0.5) is 16.5 Å². The van der Waals surface area contributed by atoms with Crippen LogP contribution in [0.25, 0.3) is 22.4 Å². The fourth-order valence-electron chi connectivity index (χ4n) is 2.98. The molecule has 11 nitrogen and oxygen atoms in total. The Balaban J connectivity index is 1.59. The molecule has 0 saturated heterocycles. The van der Waals surface area contributed by atoms with Gasteiger partial charge >= 0.3 is 0 Å². The standard InChI is InChI=1S/C20H14N4O7S/c1-2-30-16-5-3-4-11-8-17(31-18(11)16)15-10-32-20(21-15)22-19(25)12-6-13(23(26)27)9-14(7-12)24(28)29/h3-10H,2H2,1H3,(H,21,22,25). The summed E-state index contributed by atoms with van der Waals surface area (Å²) in [5, 5.41) is 27.3. The van der Waals surface area contributed by atoms with Gasteiger partial charge in [-0.3, -0.25) is 30.3 Å². The average Bonchev–Trinajstić information content (AvgIpc) is 3.41. The van der Waals surface area contributed by atoms with Crippen molar-refractivity contribution < 1.29 is 23.8 Å². The summed E-state index contributed by atoms with van der Waals surface area (Å²) in [5.74, 6) is 0.308. The first-order valence-electron chi connectivity index (χ1n) is 9.22. The topological polar surface area (TPSA) is 151 Å². The Morgan fingerprint density at radius 1 is 1.16 bits per heavy atom. The minimum absolute atomic E-state index is 0.199. The van der Waals surface area contributed by atoms with Gasteiger partial charge in [0.25, 0.3) is 17.3 Å². The maximum atomic E-state index is 12.5. The van der Waals surface area contributed by atoms with Gasteiger partial charge in [0, 0.05) is 22.9 Å². The summed E-state index contributed by atoms with van der Waals surface area (Å²) in [4.78, 5) is 37.3. The van der Waals surface area contributed by atoms with Gasteiger partial charge in [-0.2, -0.15) is 0 Å². The van der Waals surface area contributed by atoms with E-state index in [0.29, 0.717) is 29.4 Å². The highest BCUT2D eigenvalue weighted by molar-refractivity contribution is 7.14. The molecule has 2 aromatic heterocycles. The van der Waals surface area contributed by atoms with E-state index >= 15 is 0 Å². The van der Waals surface area contributed by atoms with Crippen molar-refractivity contribution in [1.82, 2.24) is 4.98 Å². The van der Waals surface area contributed by atoms with Crippen molar-refractivity contribution in [2.45, 2.75) is 6.92 Å². The number of furan rings is 1. The molecular formula is C20H14N4O7S. The maximum Gasteiger partial charge on any atom is 0.277 e. The third-order valence-electron chi connectivity index (χ3n) is 4.37. The van der Waals surface area contributed by atoms with Gasteiger partial charge in [-0.25, -0.2) is 4.98 Å². The molecule has 0 aliphatic rings. The van der Waals surface area contributed by atoms with Crippen molar-refractivity contribution in [2.24, 2.45) is 0 Å². The molecule has 0 aliphatic heterocycles. The Morgan fingerprint density at radius 2 is 1.88 bits per heavy atom. The van der Waals surface area contributed by atoms with E-state index in [9.17, 15) is 25.0 Å². The molecule has 0 aliphatic carbocycles. The van der Waals surface area contributed by atoms with Gasteiger partial charge in [-0.1, -0.05) is 12.1 Å². The van der Waals surface area contributed by atoms with Crippen molar-refractivity contribution in [3.63, 3.8) is 0 Å². The Morgan fingerprint density at radius 3 is 2.53 bits per heavy atom. The molecule has 32 heavy (non-hydrogen) atoms. The molecule has 1 N–H and O–H groups in total. The lowest BCUT2D eigenvalue weighted by Crippen LogP contribution is -2.12. The third-order valence-corrected chi connectivity index (χ3v) is 5.13. The zero-order chi connectivity index (χ0) is 22.8. The summed E-state index contributed by atoms with van der Waals surface area (Å²) in [6.45, 7) is 2.35. The molecule has 1 amide bonds. The second kappa shape index (κ2) is 8.43. The minimum Gasteiger partial charge on any atom is -0.490 e. The summed E-state index contributed by atoms with van der Waals surface area (Å²) in [6, 6.07) is 10.0. The molecule has 4 aromatic rings. The molecule has 0 unspecified atom stereocenters. The van der Waals surface area contributed by atoms with Crippen LogP contribution in [-0.2, 0) is 0 Å². The zero-order valence-corrected chi connectivity index (χ0v) is 17.3. The van der Waals surface area contributed by atoms with E-state index in [1.165, 1.54) is 0 Å². The first kappa shape index (κ1) is 20.9. The van der Waals surface area contributed by atoms with E-state index < -0.39 is 27.1 Å². The zero-order valence-electron chi connectivity index (χ0n) is 16.4. The number of hydrogen-bond acceptors (Lipinski definition) is 9. The molecular weight excluding hydrogens is 440 g/mol. The van der Waals surface area contributed by atoms with Crippen molar-refractivity contribution in [3.8, 4) is 17.2 Å². The van der Waals surface area contributed by atoms with E-state index in [-0.39, 0.29) is 10.7 Å². The van der Waals surface area contributed by atoms with Gasteiger partial charge in [0.1, 0.15) is 5.69 Å². The second-order valence-electron chi connectivity index (χ2n) is 6.46. The summed E-state index contributed by atoms with van der Waals surface area (Å²) in [6.07, 6.45) is 0. The SMILES string of the molecule is CCOc1cccc2cc(-c3csc(NC(=O)c4cc([N+](=O)[O-])cc([N+](=O)[O-])c4)n3)oc12. The molecule has 2 aromatic carbocycles. The number of nitrogens with one attached hydrogen (secondary N) is 1. The maximum absolute atomic E-state index is 12.5. The highest BCUT2D eigenvalue weighted by Gasteiger charge is 2.21. The summed E-state index contributed by atoms with van der Waals surface area (Å²) in [7, 11) is 0. The number of nitro groups is 2. The number of anilines is 1. The fraction of sp³-hybridized carbons (Fsp3) is 0.100. The summed E-state index contributed by atoms with van der Waals surface area (Å²) >= 11 is 1.11. The lowest BCUT2D eigenvalue weighted by molar-refractivity contribution is -0.394. The number of rotatable bonds is 7. The molecule has 162 valence electrons. The number of benzene rings is 2. The Labute approximate surface area is 183 Å². The highest BCUT2D eigenvalue weighted by Crippen LogP contribution is 2.34. The summed E-state index contributed by atoms with van der Waals surface area (Å²) in [5.41, 5.74) is -0.304. The second-order valence-corrected chi connectivity index (χ2v) is 7.32. The molecule has 2 heterocycles. The number of amides is 1. The largest absolute Gasteiger partial charge is 0.490 e. The number of non-ortho nitro benzene ring substituents is 2. The number of ether oxygens (including phenoxy) is 1. The van der Waals surface area contributed by atoms with E-state index in [1.807, 2.05) is 19.1 Å². The van der Waals surface area contributed by atoms with E-state index in [2.05, 4.69) is 10.3 Å². The number of nitro benzene ring substituents is 2. The van der Waals surface area contributed by atoms with Crippen molar-refractivity contribution in [1.29, 1.82) is 0 Å². The van der Waals surface area contributed by atoms with Crippen LogP contribution in [0, 0.1) is 20.2 Å². The van der Waals surface area contributed by atoms with Crippen LogP contribution >= 0.6 is 11.3 Å². The molecule has 0 atom stereocenters. The van der Waals surface area contributed by atoms with Gasteiger partial charge in [0.05, 0.1) is 28.1 Å². The Kier molecular flexibility index (Phi) is 5.52. The van der Waals surface area contributed by atoms with Crippen molar-refractivity contribution in [2.75, 3.05) is 11.9 Å². The van der Waals surface area contributed by atoms with E-state index in [1.54, 1.807) is 17.5 Å². The van der Waals surface area contributed by atoms with Crippen LogP contribution < -0.4 is 10.1 Å². The first-order chi connectivity index (χ1) is 15.4. The quantitative estimate of drug-likeness (QED) is 0.302. The molecule has 0 bridgehead atoms. The number of aromatic nitrogens is 1. The van der Waals surface area contributed by atoms with E-state index in [0.717, 1.165) is 34.9 Å². The minimum atomic E-state index is -0.802. The van der Waals surface area contributed by atoms with Crippen LogP contribution in [0.2, 0.25) is 0 Å². The number of nitrogens with zero attached hydrogens (tertiary/aromatic N) is 3. The third kappa shape index (κ3) is 4.11. The number of para-hydroxylation sites is 1. The van der Waals surface area contributed by atoms with Crippen LogP contribution in [0.5, 0.6) is 5.75 Å².